The lowest BCUT2D eigenvalue weighted by Crippen LogP contribution is -2.25. The molecule has 1 atom stereocenters. The largest absolute Gasteiger partial charge is 0.315 e. The van der Waals surface area contributed by atoms with E-state index >= 15 is 0 Å². The van der Waals surface area contributed by atoms with Gasteiger partial charge in [-0.3, -0.25) is 19.7 Å². The van der Waals surface area contributed by atoms with Gasteiger partial charge in [-0.25, -0.2) is 0 Å². The van der Waals surface area contributed by atoms with Crippen LogP contribution in [0.3, 0.4) is 0 Å². The Kier molecular flexibility index (Phi) is 9.55. The highest BCUT2D eigenvalue weighted by Gasteiger charge is 2.31. The van der Waals surface area contributed by atoms with E-state index in [4.69, 9.17) is 0 Å². The van der Waals surface area contributed by atoms with Crippen molar-refractivity contribution in [3.8, 4) is 11.1 Å². The summed E-state index contributed by atoms with van der Waals surface area (Å²) >= 11 is 1.05. The van der Waals surface area contributed by atoms with Crippen molar-refractivity contribution in [3.63, 3.8) is 0 Å². The molecule has 3 rings (SSSR count). The molecule has 1 saturated heterocycles. The van der Waals surface area contributed by atoms with Crippen LogP contribution < -0.4 is 10.2 Å². The first-order valence-electron chi connectivity index (χ1n) is 12.0. The Morgan fingerprint density at radius 1 is 0.939 bits per heavy atom. The SMILES string of the molecule is CCCCCCCCCC(=O)N(C)c1cccc(-c2ccc(CC3SC(=O)NC3=O)cc2)c1. The van der Waals surface area contributed by atoms with Crippen molar-refractivity contribution in [1.29, 1.82) is 0 Å². The van der Waals surface area contributed by atoms with Gasteiger partial charge < -0.3 is 4.90 Å². The van der Waals surface area contributed by atoms with Crippen LogP contribution in [-0.2, 0) is 16.0 Å². The van der Waals surface area contributed by atoms with E-state index in [1.807, 2.05) is 55.6 Å². The van der Waals surface area contributed by atoms with Crippen LogP contribution in [0.1, 0.15) is 63.9 Å². The average Bonchev–Trinajstić information content (AvgIpc) is 3.14. The quantitative estimate of drug-likeness (QED) is 0.370. The predicted molar refractivity (Wildman–Crippen MR) is 137 cm³/mol. The van der Waals surface area contributed by atoms with Gasteiger partial charge in [-0.2, -0.15) is 0 Å². The highest BCUT2D eigenvalue weighted by atomic mass is 32.2. The van der Waals surface area contributed by atoms with Gasteiger partial charge in [-0.05, 0) is 41.7 Å². The molecule has 1 N–H and O–H groups in total. The van der Waals surface area contributed by atoms with Gasteiger partial charge >= 0.3 is 0 Å². The summed E-state index contributed by atoms with van der Waals surface area (Å²) in [4.78, 5) is 37.5. The van der Waals surface area contributed by atoms with Crippen LogP contribution in [-0.4, -0.2) is 29.4 Å². The molecule has 1 aliphatic rings. The number of rotatable bonds is 12. The Labute approximate surface area is 201 Å². The van der Waals surface area contributed by atoms with Crippen molar-refractivity contribution in [3.05, 3.63) is 54.1 Å². The summed E-state index contributed by atoms with van der Waals surface area (Å²) in [5.74, 6) is -0.0658. The standard InChI is InChI=1S/C27H34N2O3S/c1-3-4-5-6-7-8-9-13-25(30)29(2)23-12-10-11-22(19-23)21-16-14-20(15-17-21)18-24-26(31)28-27(32)33-24/h10-12,14-17,19,24H,3-9,13,18H2,1-2H3,(H,28,31,32). The van der Waals surface area contributed by atoms with Crippen LogP contribution in [0.5, 0.6) is 0 Å². The fourth-order valence-corrected chi connectivity index (χ4v) is 4.87. The van der Waals surface area contributed by atoms with Crippen molar-refractivity contribution < 1.29 is 14.4 Å². The van der Waals surface area contributed by atoms with Crippen LogP contribution in [0.15, 0.2) is 48.5 Å². The highest BCUT2D eigenvalue weighted by Crippen LogP contribution is 2.27. The molecule has 0 radical (unpaired) electrons. The zero-order chi connectivity index (χ0) is 23.6. The number of hydrogen-bond donors (Lipinski definition) is 1. The van der Waals surface area contributed by atoms with Crippen molar-refractivity contribution in [2.45, 2.75) is 70.0 Å². The van der Waals surface area contributed by atoms with Gasteiger partial charge in [0.05, 0.1) is 5.25 Å². The summed E-state index contributed by atoms with van der Waals surface area (Å²) in [6.45, 7) is 2.22. The molecule has 0 bridgehead atoms. The molecule has 2 aromatic carbocycles. The zero-order valence-corrected chi connectivity index (χ0v) is 20.5. The van der Waals surface area contributed by atoms with E-state index in [2.05, 4.69) is 12.2 Å². The molecule has 5 nitrogen and oxygen atoms in total. The second-order valence-electron chi connectivity index (χ2n) is 8.66. The number of unbranched alkanes of at least 4 members (excludes halogenated alkanes) is 6. The third-order valence-electron chi connectivity index (χ3n) is 6.08. The Morgan fingerprint density at radius 2 is 1.64 bits per heavy atom. The molecular formula is C27H34N2O3S. The maximum atomic E-state index is 12.7. The highest BCUT2D eigenvalue weighted by molar-refractivity contribution is 8.15. The van der Waals surface area contributed by atoms with E-state index in [0.29, 0.717) is 12.8 Å². The van der Waals surface area contributed by atoms with Gasteiger partial charge in [0.2, 0.25) is 11.8 Å². The van der Waals surface area contributed by atoms with Crippen molar-refractivity contribution in [2.75, 3.05) is 11.9 Å². The fourth-order valence-electron chi connectivity index (χ4n) is 4.01. The molecule has 6 heteroatoms. The zero-order valence-electron chi connectivity index (χ0n) is 19.6. The van der Waals surface area contributed by atoms with E-state index < -0.39 is 0 Å². The minimum atomic E-state index is -0.359. The van der Waals surface area contributed by atoms with Gasteiger partial charge in [0.15, 0.2) is 0 Å². The number of nitrogens with zero attached hydrogens (tertiary/aromatic N) is 1. The van der Waals surface area contributed by atoms with Gasteiger partial charge in [0, 0.05) is 19.2 Å². The smallest absolute Gasteiger partial charge is 0.286 e. The molecule has 1 fully saturated rings. The summed E-state index contributed by atoms with van der Waals surface area (Å²) in [6.07, 6.45) is 9.51. The molecular weight excluding hydrogens is 432 g/mol. The van der Waals surface area contributed by atoms with Crippen molar-refractivity contribution in [2.24, 2.45) is 0 Å². The Morgan fingerprint density at radius 3 is 2.30 bits per heavy atom. The van der Waals surface area contributed by atoms with Gasteiger partial charge in [-0.15, -0.1) is 0 Å². The maximum Gasteiger partial charge on any atom is 0.286 e. The number of nitrogens with one attached hydrogen (secondary N) is 1. The maximum absolute atomic E-state index is 12.7. The third-order valence-corrected chi connectivity index (χ3v) is 7.06. The van der Waals surface area contributed by atoms with Crippen LogP contribution in [0.2, 0.25) is 0 Å². The summed E-state index contributed by atoms with van der Waals surface area (Å²) < 4.78 is 0. The molecule has 0 saturated carbocycles. The van der Waals surface area contributed by atoms with Gasteiger partial charge in [-0.1, -0.05) is 93.6 Å². The van der Waals surface area contributed by atoms with Crippen LogP contribution >= 0.6 is 11.8 Å². The summed E-state index contributed by atoms with van der Waals surface area (Å²) in [5, 5.41) is 1.70. The molecule has 33 heavy (non-hydrogen) atoms. The first-order valence-corrected chi connectivity index (χ1v) is 12.8. The second-order valence-corrected chi connectivity index (χ2v) is 9.83. The molecule has 0 aliphatic carbocycles. The van der Waals surface area contributed by atoms with E-state index in [1.54, 1.807) is 4.90 Å². The summed E-state index contributed by atoms with van der Waals surface area (Å²) in [6, 6.07) is 16.0. The third kappa shape index (κ3) is 7.46. The van der Waals surface area contributed by atoms with Gasteiger partial charge in [0.25, 0.3) is 5.24 Å². The Hall–Kier alpha value is -2.60. The number of benzene rings is 2. The Balaban J connectivity index is 1.53. The lowest BCUT2D eigenvalue weighted by Gasteiger charge is -2.18. The number of imide groups is 1. The first-order chi connectivity index (χ1) is 16.0. The molecule has 2 aromatic rings. The number of hydrogen-bond acceptors (Lipinski definition) is 4. The molecule has 3 amide bonds. The van der Waals surface area contributed by atoms with E-state index in [0.717, 1.165) is 47.0 Å². The average molecular weight is 467 g/mol. The normalized spacial score (nSPS) is 15.5. The van der Waals surface area contributed by atoms with Crippen LogP contribution in [0.25, 0.3) is 11.1 Å². The van der Waals surface area contributed by atoms with Crippen molar-refractivity contribution >= 4 is 34.5 Å². The predicted octanol–water partition coefficient (Wildman–Crippen LogP) is 6.35. The van der Waals surface area contributed by atoms with Crippen LogP contribution in [0.4, 0.5) is 10.5 Å². The Bertz CT molecular complexity index is 958. The molecule has 0 aromatic heterocycles. The fraction of sp³-hybridized carbons (Fsp3) is 0.444. The molecule has 176 valence electrons. The number of amides is 3. The van der Waals surface area contributed by atoms with Crippen molar-refractivity contribution in [1.82, 2.24) is 5.32 Å². The molecule has 1 aliphatic heterocycles. The number of carbonyl (C=O) groups is 3. The first kappa shape index (κ1) is 25.0. The number of thioether (sulfide) groups is 1. The minimum absolute atomic E-state index is 0.151. The number of anilines is 1. The van der Waals surface area contributed by atoms with E-state index in [-0.39, 0.29) is 22.3 Å². The van der Waals surface area contributed by atoms with E-state index in [1.165, 1.54) is 32.1 Å². The number of carbonyl (C=O) groups excluding carboxylic acids is 3. The summed E-state index contributed by atoms with van der Waals surface area (Å²) in [7, 11) is 1.84. The van der Waals surface area contributed by atoms with E-state index in [9.17, 15) is 14.4 Å². The lowest BCUT2D eigenvalue weighted by molar-refractivity contribution is -0.119. The molecule has 1 unspecified atom stereocenters. The summed E-state index contributed by atoms with van der Waals surface area (Å²) in [5.41, 5.74) is 3.99. The van der Waals surface area contributed by atoms with Gasteiger partial charge in [0.1, 0.15) is 0 Å². The van der Waals surface area contributed by atoms with Crippen LogP contribution in [0, 0.1) is 0 Å². The minimum Gasteiger partial charge on any atom is -0.315 e. The molecule has 0 spiro atoms. The monoisotopic (exact) mass is 466 g/mol. The topological polar surface area (TPSA) is 66.5 Å². The lowest BCUT2D eigenvalue weighted by atomic mass is 10.0. The second kappa shape index (κ2) is 12.6. The molecule has 1 heterocycles.